The molecular weight excluding hydrogens is 170 g/mol. The van der Waals surface area contributed by atoms with Crippen LogP contribution in [0.25, 0.3) is 0 Å². The summed E-state index contributed by atoms with van der Waals surface area (Å²) in [6.45, 7) is 6.06. The quantitative estimate of drug-likeness (QED) is 0.671. The van der Waals surface area contributed by atoms with Crippen LogP contribution in [-0.4, -0.2) is 5.54 Å². The molecule has 1 aromatic carbocycles. The SMILES string of the molecule is CCC(C)(N)C#Cc1ccc(C)cc1. The Bertz CT molecular complexity index is 349. The second kappa shape index (κ2) is 4.30. The molecule has 0 spiro atoms. The van der Waals surface area contributed by atoms with E-state index < -0.39 is 0 Å². The first kappa shape index (κ1) is 10.8. The lowest BCUT2D eigenvalue weighted by atomic mass is 10.0. The third-order valence-corrected chi connectivity index (χ3v) is 2.28. The molecule has 1 heteroatoms. The molecule has 0 aliphatic carbocycles. The maximum absolute atomic E-state index is 5.92. The lowest BCUT2D eigenvalue weighted by Crippen LogP contribution is -2.32. The molecule has 0 fully saturated rings. The van der Waals surface area contributed by atoms with E-state index in [4.69, 9.17) is 5.73 Å². The average Bonchev–Trinajstić information content (AvgIpc) is 2.17. The zero-order valence-corrected chi connectivity index (χ0v) is 9.09. The molecule has 1 aromatic rings. The van der Waals surface area contributed by atoms with Crippen LogP contribution in [0.3, 0.4) is 0 Å². The van der Waals surface area contributed by atoms with Gasteiger partial charge in [0.2, 0.25) is 0 Å². The van der Waals surface area contributed by atoms with E-state index in [1.165, 1.54) is 5.56 Å². The Morgan fingerprint density at radius 1 is 1.29 bits per heavy atom. The standard InChI is InChI=1S/C13H17N/c1-4-13(3,14)10-9-12-7-5-11(2)6-8-12/h5-8H,4,14H2,1-3H3. The fourth-order valence-corrected chi connectivity index (χ4v) is 0.940. The maximum Gasteiger partial charge on any atom is 0.0748 e. The third kappa shape index (κ3) is 3.24. The summed E-state index contributed by atoms with van der Waals surface area (Å²) in [5, 5.41) is 0. The predicted octanol–water partition coefficient (Wildman–Crippen LogP) is 2.47. The molecule has 0 bridgehead atoms. The van der Waals surface area contributed by atoms with Gasteiger partial charge >= 0.3 is 0 Å². The fraction of sp³-hybridized carbons (Fsp3) is 0.385. The summed E-state index contributed by atoms with van der Waals surface area (Å²) in [6, 6.07) is 8.16. The molecule has 14 heavy (non-hydrogen) atoms. The number of aryl methyl sites for hydroxylation is 1. The van der Waals surface area contributed by atoms with Crippen molar-refractivity contribution < 1.29 is 0 Å². The van der Waals surface area contributed by atoms with E-state index in [0.29, 0.717) is 0 Å². The molecule has 1 nitrogen and oxygen atoms in total. The van der Waals surface area contributed by atoms with Gasteiger partial charge in [0.25, 0.3) is 0 Å². The van der Waals surface area contributed by atoms with E-state index in [-0.39, 0.29) is 5.54 Å². The third-order valence-electron chi connectivity index (χ3n) is 2.28. The lowest BCUT2D eigenvalue weighted by molar-refractivity contribution is 0.586. The summed E-state index contributed by atoms with van der Waals surface area (Å²) in [5.74, 6) is 6.16. The highest BCUT2D eigenvalue weighted by atomic mass is 14.7. The van der Waals surface area contributed by atoms with Crippen molar-refractivity contribution in [1.82, 2.24) is 0 Å². The number of rotatable bonds is 1. The molecule has 0 aromatic heterocycles. The molecule has 1 rings (SSSR count). The Morgan fingerprint density at radius 2 is 1.86 bits per heavy atom. The molecular formula is C13H17N. The Morgan fingerprint density at radius 3 is 2.36 bits per heavy atom. The zero-order valence-electron chi connectivity index (χ0n) is 9.09. The van der Waals surface area contributed by atoms with Gasteiger partial charge in [0.05, 0.1) is 5.54 Å². The largest absolute Gasteiger partial charge is 0.315 e. The molecule has 0 aliphatic heterocycles. The van der Waals surface area contributed by atoms with Gasteiger partial charge in [-0.1, -0.05) is 36.5 Å². The first-order valence-electron chi connectivity index (χ1n) is 4.92. The highest BCUT2D eigenvalue weighted by Gasteiger charge is 2.09. The molecule has 0 saturated heterocycles. The number of hydrogen-bond acceptors (Lipinski definition) is 1. The summed E-state index contributed by atoms with van der Waals surface area (Å²) in [6.07, 6.45) is 0.867. The topological polar surface area (TPSA) is 26.0 Å². The van der Waals surface area contributed by atoms with Gasteiger partial charge in [-0.3, -0.25) is 0 Å². The zero-order chi connectivity index (χ0) is 10.6. The predicted molar refractivity (Wildman–Crippen MR) is 60.9 cm³/mol. The smallest absolute Gasteiger partial charge is 0.0748 e. The molecule has 74 valence electrons. The van der Waals surface area contributed by atoms with Crippen molar-refractivity contribution in [2.45, 2.75) is 32.7 Å². The van der Waals surface area contributed by atoms with Crippen LogP contribution in [0.15, 0.2) is 24.3 Å². The fourth-order valence-electron chi connectivity index (χ4n) is 0.940. The molecule has 0 heterocycles. The van der Waals surface area contributed by atoms with Crippen molar-refractivity contribution in [2.24, 2.45) is 5.73 Å². The normalized spacial score (nSPS) is 14.0. The van der Waals surface area contributed by atoms with Crippen molar-refractivity contribution in [3.8, 4) is 11.8 Å². The molecule has 1 atom stereocenters. The maximum atomic E-state index is 5.92. The lowest BCUT2D eigenvalue weighted by Gasteiger charge is -2.13. The summed E-state index contributed by atoms with van der Waals surface area (Å²) < 4.78 is 0. The van der Waals surface area contributed by atoms with Crippen LogP contribution in [0, 0.1) is 18.8 Å². The van der Waals surface area contributed by atoms with Crippen molar-refractivity contribution >= 4 is 0 Å². The van der Waals surface area contributed by atoms with E-state index in [1.807, 2.05) is 26.0 Å². The van der Waals surface area contributed by atoms with Gasteiger partial charge in [0.1, 0.15) is 0 Å². The van der Waals surface area contributed by atoms with E-state index in [1.54, 1.807) is 0 Å². The summed E-state index contributed by atoms with van der Waals surface area (Å²) in [7, 11) is 0. The Balaban J connectivity index is 2.83. The highest BCUT2D eigenvalue weighted by Crippen LogP contribution is 2.04. The van der Waals surface area contributed by atoms with Crippen molar-refractivity contribution in [3.05, 3.63) is 35.4 Å². The molecule has 0 saturated carbocycles. The van der Waals surface area contributed by atoms with E-state index in [2.05, 4.69) is 30.9 Å². The van der Waals surface area contributed by atoms with Crippen LogP contribution in [0.5, 0.6) is 0 Å². The van der Waals surface area contributed by atoms with Crippen LogP contribution in [0.2, 0.25) is 0 Å². The van der Waals surface area contributed by atoms with Crippen LogP contribution in [0.4, 0.5) is 0 Å². The van der Waals surface area contributed by atoms with Crippen LogP contribution >= 0.6 is 0 Å². The van der Waals surface area contributed by atoms with E-state index in [9.17, 15) is 0 Å². The summed E-state index contributed by atoms with van der Waals surface area (Å²) in [5.41, 5.74) is 7.83. The van der Waals surface area contributed by atoms with Gasteiger partial charge in [-0.2, -0.15) is 0 Å². The van der Waals surface area contributed by atoms with Gasteiger partial charge < -0.3 is 5.73 Å². The van der Waals surface area contributed by atoms with Crippen molar-refractivity contribution in [3.63, 3.8) is 0 Å². The number of hydrogen-bond donors (Lipinski definition) is 1. The highest BCUT2D eigenvalue weighted by molar-refractivity contribution is 5.37. The van der Waals surface area contributed by atoms with Gasteiger partial charge in [-0.05, 0) is 32.4 Å². The first-order valence-corrected chi connectivity index (χ1v) is 4.92. The van der Waals surface area contributed by atoms with Gasteiger partial charge in [0.15, 0.2) is 0 Å². The van der Waals surface area contributed by atoms with Crippen molar-refractivity contribution in [2.75, 3.05) is 0 Å². The van der Waals surface area contributed by atoms with Gasteiger partial charge in [0, 0.05) is 5.56 Å². The summed E-state index contributed by atoms with van der Waals surface area (Å²) in [4.78, 5) is 0. The average molecular weight is 187 g/mol. The molecule has 0 aliphatic rings. The minimum absolute atomic E-state index is 0.370. The Labute approximate surface area is 86.3 Å². The van der Waals surface area contributed by atoms with E-state index >= 15 is 0 Å². The second-order valence-corrected chi connectivity index (χ2v) is 3.89. The molecule has 1 unspecified atom stereocenters. The van der Waals surface area contributed by atoms with E-state index in [0.717, 1.165) is 12.0 Å². The minimum Gasteiger partial charge on any atom is -0.315 e. The van der Waals surface area contributed by atoms with Crippen molar-refractivity contribution in [1.29, 1.82) is 0 Å². The molecule has 0 radical (unpaired) electrons. The van der Waals surface area contributed by atoms with Gasteiger partial charge in [-0.25, -0.2) is 0 Å². The monoisotopic (exact) mass is 187 g/mol. The van der Waals surface area contributed by atoms with Crippen LogP contribution in [-0.2, 0) is 0 Å². The Hall–Kier alpha value is -1.26. The van der Waals surface area contributed by atoms with Gasteiger partial charge in [-0.15, -0.1) is 0 Å². The first-order chi connectivity index (χ1) is 6.53. The number of nitrogens with two attached hydrogens (primary N) is 1. The minimum atomic E-state index is -0.370. The summed E-state index contributed by atoms with van der Waals surface area (Å²) >= 11 is 0. The second-order valence-electron chi connectivity index (χ2n) is 3.89. The van der Waals surface area contributed by atoms with Crippen LogP contribution < -0.4 is 5.73 Å². The number of benzene rings is 1. The molecule has 0 amide bonds. The van der Waals surface area contributed by atoms with Crippen LogP contribution in [0.1, 0.15) is 31.4 Å². The Kier molecular flexibility index (Phi) is 3.33. The molecule has 2 N–H and O–H groups in total.